The van der Waals surface area contributed by atoms with Crippen LogP contribution in [0.25, 0.3) is 0 Å². The van der Waals surface area contributed by atoms with Gasteiger partial charge in [0, 0.05) is 5.92 Å². The highest BCUT2D eigenvalue weighted by Gasteiger charge is 2.37. The molecule has 0 unspecified atom stereocenters. The normalized spacial score (nSPS) is 20.5. The van der Waals surface area contributed by atoms with Crippen LogP contribution in [0.4, 0.5) is 0 Å². The van der Waals surface area contributed by atoms with Crippen molar-refractivity contribution in [3.63, 3.8) is 0 Å². The lowest BCUT2D eigenvalue weighted by Crippen LogP contribution is -2.34. The number of rotatable bonds is 5. The molecule has 1 saturated heterocycles. The summed E-state index contributed by atoms with van der Waals surface area (Å²) in [6.07, 6.45) is 6.46. The van der Waals surface area contributed by atoms with Crippen LogP contribution in [0.5, 0.6) is 0 Å². The minimum atomic E-state index is -0.599. The van der Waals surface area contributed by atoms with Crippen molar-refractivity contribution >= 4 is 5.78 Å². The molecule has 1 fully saturated rings. The van der Waals surface area contributed by atoms with Gasteiger partial charge in [-0.15, -0.1) is 0 Å². The number of allylic oxidation sites excluding steroid dienone is 3. The lowest BCUT2D eigenvalue weighted by Gasteiger charge is -2.29. The molecule has 0 aromatic rings. The SMILES string of the molecule is CC(=O)/C=C/[C@H](CC=C(C)C)C1(C)OCCO1. The molecule has 17 heavy (non-hydrogen) atoms. The quantitative estimate of drug-likeness (QED) is 0.545. The maximum atomic E-state index is 11.0. The van der Waals surface area contributed by atoms with Crippen LogP contribution in [0.3, 0.4) is 0 Å². The fourth-order valence-electron chi connectivity index (χ4n) is 1.83. The van der Waals surface area contributed by atoms with Crippen LogP contribution in [-0.4, -0.2) is 24.8 Å². The van der Waals surface area contributed by atoms with Crippen LogP contribution >= 0.6 is 0 Å². The van der Waals surface area contributed by atoms with Crippen molar-refractivity contribution in [1.82, 2.24) is 0 Å². The van der Waals surface area contributed by atoms with Crippen LogP contribution in [0, 0.1) is 5.92 Å². The molecule has 0 N–H and O–H groups in total. The van der Waals surface area contributed by atoms with Crippen LogP contribution < -0.4 is 0 Å². The average molecular weight is 238 g/mol. The summed E-state index contributed by atoms with van der Waals surface area (Å²) in [7, 11) is 0. The van der Waals surface area contributed by atoms with Crippen molar-refractivity contribution in [2.75, 3.05) is 13.2 Å². The molecule has 1 atom stereocenters. The van der Waals surface area contributed by atoms with E-state index in [-0.39, 0.29) is 11.7 Å². The summed E-state index contributed by atoms with van der Waals surface area (Å²) in [5, 5.41) is 0. The molecule has 0 amide bonds. The Morgan fingerprint density at radius 3 is 2.35 bits per heavy atom. The summed E-state index contributed by atoms with van der Waals surface area (Å²) in [5.74, 6) is -0.477. The molecule has 0 bridgehead atoms. The number of carbonyl (C=O) groups is 1. The van der Waals surface area contributed by atoms with E-state index >= 15 is 0 Å². The van der Waals surface area contributed by atoms with E-state index in [0.29, 0.717) is 13.2 Å². The van der Waals surface area contributed by atoms with Crippen LogP contribution in [-0.2, 0) is 14.3 Å². The molecule has 0 radical (unpaired) electrons. The van der Waals surface area contributed by atoms with Gasteiger partial charge in [0.1, 0.15) is 0 Å². The Morgan fingerprint density at radius 2 is 1.88 bits per heavy atom. The molecule has 1 heterocycles. The minimum absolute atomic E-state index is 0.0498. The molecule has 1 aliphatic rings. The standard InChI is InChI=1S/C14H22O3/c1-11(2)5-7-13(8-6-12(3)15)14(4)16-9-10-17-14/h5-6,8,13H,7,9-10H2,1-4H3/b8-6+/t13-/m0/s1. The highest BCUT2D eigenvalue weighted by atomic mass is 16.7. The van der Waals surface area contributed by atoms with Crippen LogP contribution in [0.2, 0.25) is 0 Å². The van der Waals surface area contributed by atoms with E-state index in [1.165, 1.54) is 5.57 Å². The minimum Gasteiger partial charge on any atom is -0.347 e. The van der Waals surface area contributed by atoms with Gasteiger partial charge in [-0.1, -0.05) is 17.7 Å². The first-order valence-corrected chi connectivity index (χ1v) is 6.04. The first-order chi connectivity index (χ1) is 7.94. The second kappa shape index (κ2) is 6.12. The van der Waals surface area contributed by atoms with E-state index in [1.807, 2.05) is 13.0 Å². The van der Waals surface area contributed by atoms with Gasteiger partial charge < -0.3 is 9.47 Å². The Kier molecular flexibility index (Phi) is 5.09. The van der Waals surface area contributed by atoms with Crippen molar-refractivity contribution in [3.05, 3.63) is 23.8 Å². The van der Waals surface area contributed by atoms with E-state index < -0.39 is 5.79 Å². The molecule has 0 aliphatic carbocycles. The van der Waals surface area contributed by atoms with Gasteiger partial charge in [-0.25, -0.2) is 0 Å². The van der Waals surface area contributed by atoms with Gasteiger partial charge in [0.2, 0.25) is 0 Å². The average Bonchev–Trinajstić information content (AvgIpc) is 2.65. The molecule has 96 valence electrons. The zero-order valence-electron chi connectivity index (χ0n) is 11.2. The van der Waals surface area contributed by atoms with Crippen molar-refractivity contribution in [3.8, 4) is 0 Å². The number of ketones is 1. The summed E-state index contributed by atoms with van der Waals surface area (Å²) < 4.78 is 11.3. The topological polar surface area (TPSA) is 35.5 Å². The van der Waals surface area contributed by atoms with Crippen molar-refractivity contribution < 1.29 is 14.3 Å². The number of hydrogen-bond acceptors (Lipinski definition) is 3. The number of carbonyl (C=O) groups excluding carboxylic acids is 1. The van der Waals surface area contributed by atoms with Gasteiger partial charge in [0.25, 0.3) is 0 Å². The third-order valence-corrected chi connectivity index (χ3v) is 2.88. The molecule has 0 saturated carbocycles. The maximum absolute atomic E-state index is 11.0. The predicted octanol–water partition coefficient (Wildman–Crippen LogP) is 2.87. The predicted molar refractivity (Wildman–Crippen MR) is 67.7 cm³/mol. The largest absolute Gasteiger partial charge is 0.347 e. The molecular weight excluding hydrogens is 216 g/mol. The van der Waals surface area contributed by atoms with Crippen LogP contribution in [0.1, 0.15) is 34.1 Å². The lowest BCUT2D eigenvalue weighted by atomic mass is 9.94. The maximum Gasteiger partial charge on any atom is 0.172 e. The molecule has 3 heteroatoms. The summed E-state index contributed by atoms with van der Waals surface area (Å²) in [4.78, 5) is 11.0. The Hall–Kier alpha value is -0.930. The molecule has 0 aromatic heterocycles. The first-order valence-electron chi connectivity index (χ1n) is 6.04. The highest BCUT2D eigenvalue weighted by Crippen LogP contribution is 2.31. The Labute approximate surface area is 103 Å². The van der Waals surface area contributed by atoms with E-state index in [1.54, 1.807) is 13.0 Å². The Bertz CT molecular complexity index is 318. The molecule has 0 aromatic carbocycles. The van der Waals surface area contributed by atoms with Gasteiger partial charge in [0.05, 0.1) is 13.2 Å². The van der Waals surface area contributed by atoms with Crippen LogP contribution in [0.15, 0.2) is 23.8 Å². The summed E-state index contributed by atoms with van der Waals surface area (Å²) >= 11 is 0. The summed E-state index contributed by atoms with van der Waals surface area (Å²) in [6, 6.07) is 0. The molecule has 3 nitrogen and oxygen atoms in total. The fourth-order valence-corrected chi connectivity index (χ4v) is 1.83. The number of ether oxygens (including phenoxy) is 2. The third-order valence-electron chi connectivity index (χ3n) is 2.88. The summed E-state index contributed by atoms with van der Waals surface area (Å²) in [5.41, 5.74) is 1.26. The highest BCUT2D eigenvalue weighted by molar-refractivity contribution is 5.87. The lowest BCUT2D eigenvalue weighted by molar-refractivity contribution is -0.168. The monoisotopic (exact) mass is 238 g/mol. The zero-order chi connectivity index (χ0) is 12.9. The smallest absolute Gasteiger partial charge is 0.172 e. The van der Waals surface area contributed by atoms with E-state index in [0.717, 1.165) is 6.42 Å². The van der Waals surface area contributed by atoms with Gasteiger partial charge in [-0.3, -0.25) is 4.79 Å². The Morgan fingerprint density at radius 1 is 1.29 bits per heavy atom. The molecule has 0 spiro atoms. The molecule has 1 rings (SSSR count). The summed E-state index contributed by atoms with van der Waals surface area (Å²) in [6.45, 7) is 8.85. The van der Waals surface area contributed by atoms with Gasteiger partial charge in [-0.2, -0.15) is 0 Å². The first kappa shape index (κ1) is 14.1. The third kappa shape index (κ3) is 4.44. The second-order valence-corrected chi connectivity index (χ2v) is 4.81. The zero-order valence-corrected chi connectivity index (χ0v) is 11.2. The van der Waals surface area contributed by atoms with Crippen molar-refractivity contribution in [1.29, 1.82) is 0 Å². The van der Waals surface area contributed by atoms with Gasteiger partial charge in [0.15, 0.2) is 11.6 Å². The van der Waals surface area contributed by atoms with E-state index in [9.17, 15) is 4.79 Å². The Balaban J connectivity index is 2.77. The fraction of sp³-hybridized carbons (Fsp3) is 0.643. The van der Waals surface area contributed by atoms with Crippen molar-refractivity contribution in [2.45, 2.75) is 39.9 Å². The molecular formula is C14H22O3. The second-order valence-electron chi connectivity index (χ2n) is 4.81. The van der Waals surface area contributed by atoms with Crippen molar-refractivity contribution in [2.24, 2.45) is 5.92 Å². The van der Waals surface area contributed by atoms with E-state index in [2.05, 4.69) is 19.9 Å². The van der Waals surface area contributed by atoms with E-state index in [4.69, 9.17) is 9.47 Å². The van der Waals surface area contributed by atoms with Gasteiger partial charge in [-0.05, 0) is 40.2 Å². The number of hydrogen-bond donors (Lipinski definition) is 0. The molecule has 1 aliphatic heterocycles. The van der Waals surface area contributed by atoms with Gasteiger partial charge >= 0.3 is 0 Å².